The third-order valence-corrected chi connectivity index (χ3v) is 5.92. The number of hydrogen-bond acceptors (Lipinski definition) is 5. The molecule has 0 aliphatic heterocycles. The van der Waals surface area contributed by atoms with Gasteiger partial charge in [0.2, 0.25) is 11.8 Å². The summed E-state index contributed by atoms with van der Waals surface area (Å²) in [5.41, 5.74) is 0.220. The van der Waals surface area contributed by atoms with Crippen molar-refractivity contribution in [3.8, 4) is 17.4 Å². The van der Waals surface area contributed by atoms with Crippen LogP contribution in [0.3, 0.4) is 0 Å². The van der Waals surface area contributed by atoms with Crippen LogP contribution in [0.2, 0.25) is 5.02 Å². The standard InChI is InChI=1S/C19H20ClN3O2S/c1-13(18(24)23-19(12-21)8-2-3-9-19)26-11-17-22-10-16(25-17)14-4-6-15(20)7-5-14/h4-7,10,13H,2-3,8-9,11H2,1H3,(H,23,24)/t13-/m0/s1. The number of rotatable bonds is 6. The fraction of sp³-hybridized carbons (Fsp3) is 0.421. The molecule has 1 heterocycles. The van der Waals surface area contributed by atoms with E-state index < -0.39 is 5.54 Å². The Labute approximate surface area is 162 Å². The van der Waals surface area contributed by atoms with Crippen LogP contribution < -0.4 is 5.32 Å². The average Bonchev–Trinajstić information content (AvgIpc) is 3.30. The number of carbonyl (C=O) groups is 1. The van der Waals surface area contributed by atoms with Crippen molar-refractivity contribution in [1.82, 2.24) is 10.3 Å². The molecule has 1 fully saturated rings. The molecule has 136 valence electrons. The van der Waals surface area contributed by atoms with Crippen molar-refractivity contribution >= 4 is 29.3 Å². The molecule has 1 amide bonds. The molecule has 1 aliphatic carbocycles. The maximum atomic E-state index is 12.4. The smallest absolute Gasteiger partial charge is 0.234 e. The van der Waals surface area contributed by atoms with Crippen LogP contribution in [0.25, 0.3) is 11.3 Å². The van der Waals surface area contributed by atoms with E-state index in [1.807, 2.05) is 19.1 Å². The minimum Gasteiger partial charge on any atom is -0.440 e. The Morgan fingerprint density at radius 2 is 2.12 bits per heavy atom. The van der Waals surface area contributed by atoms with Crippen LogP contribution in [0.4, 0.5) is 0 Å². The van der Waals surface area contributed by atoms with Gasteiger partial charge in [-0.15, -0.1) is 11.8 Å². The van der Waals surface area contributed by atoms with Crippen LogP contribution in [0, 0.1) is 11.3 Å². The summed E-state index contributed by atoms with van der Waals surface area (Å²) in [6, 6.07) is 9.63. The number of nitriles is 1. The Hall–Kier alpha value is -1.97. The van der Waals surface area contributed by atoms with Crippen LogP contribution >= 0.6 is 23.4 Å². The molecule has 1 atom stereocenters. The van der Waals surface area contributed by atoms with E-state index in [0.29, 0.717) is 22.4 Å². The number of benzene rings is 1. The van der Waals surface area contributed by atoms with Crippen LogP contribution in [-0.2, 0) is 10.5 Å². The lowest BCUT2D eigenvalue weighted by molar-refractivity contribution is -0.121. The van der Waals surface area contributed by atoms with Gasteiger partial charge in [0, 0.05) is 10.6 Å². The molecule has 5 nitrogen and oxygen atoms in total. The lowest BCUT2D eigenvalue weighted by atomic mass is 10.00. The van der Waals surface area contributed by atoms with Crippen LogP contribution in [0.15, 0.2) is 34.9 Å². The van der Waals surface area contributed by atoms with E-state index in [1.54, 1.807) is 18.3 Å². The monoisotopic (exact) mass is 389 g/mol. The topological polar surface area (TPSA) is 78.9 Å². The van der Waals surface area contributed by atoms with Gasteiger partial charge in [0.1, 0.15) is 5.54 Å². The van der Waals surface area contributed by atoms with Crippen molar-refractivity contribution in [1.29, 1.82) is 5.26 Å². The predicted octanol–water partition coefficient (Wildman–Crippen LogP) is 4.57. The molecule has 1 aromatic carbocycles. The Bertz CT molecular complexity index is 807. The fourth-order valence-electron chi connectivity index (χ4n) is 2.98. The summed E-state index contributed by atoms with van der Waals surface area (Å²) in [7, 11) is 0. The Morgan fingerprint density at radius 3 is 2.77 bits per heavy atom. The van der Waals surface area contributed by atoms with Gasteiger partial charge in [-0.25, -0.2) is 4.98 Å². The maximum absolute atomic E-state index is 12.4. The molecule has 2 aromatic rings. The van der Waals surface area contributed by atoms with Crippen molar-refractivity contribution in [2.45, 2.75) is 49.1 Å². The van der Waals surface area contributed by atoms with Gasteiger partial charge in [0.15, 0.2) is 5.76 Å². The molecule has 26 heavy (non-hydrogen) atoms. The molecule has 0 saturated heterocycles. The van der Waals surface area contributed by atoms with Crippen LogP contribution in [0.1, 0.15) is 38.5 Å². The van der Waals surface area contributed by atoms with Gasteiger partial charge in [0.05, 0.1) is 23.3 Å². The molecule has 1 aromatic heterocycles. The van der Waals surface area contributed by atoms with Crippen LogP contribution in [-0.4, -0.2) is 21.7 Å². The zero-order valence-corrected chi connectivity index (χ0v) is 16.1. The molecule has 0 unspecified atom stereocenters. The first-order valence-corrected chi connectivity index (χ1v) is 9.99. The predicted molar refractivity (Wildman–Crippen MR) is 103 cm³/mol. The number of carbonyl (C=O) groups excluding carboxylic acids is 1. The second-order valence-corrected chi connectivity index (χ2v) is 8.23. The molecule has 1 saturated carbocycles. The van der Waals surface area contributed by atoms with Crippen molar-refractivity contribution in [3.63, 3.8) is 0 Å². The zero-order valence-electron chi connectivity index (χ0n) is 14.5. The summed E-state index contributed by atoms with van der Waals surface area (Å²) < 4.78 is 5.76. The highest BCUT2D eigenvalue weighted by atomic mass is 35.5. The molecular formula is C19H20ClN3O2S. The Balaban J connectivity index is 1.54. The van der Waals surface area contributed by atoms with Gasteiger partial charge in [-0.3, -0.25) is 4.79 Å². The van der Waals surface area contributed by atoms with E-state index in [-0.39, 0.29) is 11.2 Å². The van der Waals surface area contributed by atoms with Crippen molar-refractivity contribution in [2.24, 2.45) is 0 Å². The summed E-state index contributed by atoms with van der Waals surface area (Å²) in [6.45, 7) is 1.84. The molecule has 7 heteroatoms. The summed E-state index contributed by atoms with van der Waals surface area (Å²) >= 11 is 7.33. The SMILES string of the molecule is C[C@H](SCc1ncc(-c2ccc(Cl)cc2)o1)C(=O)NC1(C#N)CCCC1. The molecule has 0 radical (unpaired) electrons. The number of nitrogens with zero attached hydrogens (tertiary/aromatic N) is 2. The van der Waals surface area contributed by atoms with E-state index in [1.165, 1.54) is 11.8 Å². The van der Waals surface area contributed by atoms with Crippen LogP contribution in [0.5, 0.6) is 0 Å². The first kappa shape index (κ1) is 18.8. The Morgan fingerprint density at radius 1 is 1.42 bits per heavy atom. The van der Waals surface area contributed by atoms with Crippen molar-refractivity contribution in [3.05, 3.63) is 41.4 Å². The highest BCUT2D eigenvalue weighted by molar-refractivity contribution is 7.99. The van der Waals surface area contributed by atoms with Crippen molar-refractivity contribution in [2.75, 3.05) is 0 Å². The van der Waals surface area contributed by atoms with Gasteiger partial charge >= 0.3 is 0 Å². The molecule has 1 N–H and O–H groups in total. The highest BCUT2D eigenvalue weighted by Crippen LogP contribution is 2.30. The largest absolute Gasteiger partial charge is 0.440 e. The lowest BCUT2D eigenvalue weighted by Gasteiger charge is -2.23. The third kappa shape index (κ3) is 4.40. The lowest BCUT2D eigenvalue weighted by Crippen LogP contribution is -2.48. The summed E-state index contributed by atoms with van der Waals surface area (Å²) in [5, 5.41) is 12.7. The second-order valence-electron chi connectivity index (χ2n) is 6.47. The number of aromatic nitrogens is 1. The quantitative estimate of drug-likeness (QED) is 0.782. The van der Waals surface area contributed by atoms with E-state index >= 15 is 0 Å². The third-order valence-electron chi connectivity index (χ3n) is 4.54. The molecule has 3 rings (SSSR count). The van der Waals surface area contributed by atoms with E-state index in [9.17, 15) is 10.1 Å². The molecular weight excluding hydrogens is 370 g/mol. The van der Waals surface area contributed by atoms with Crippen molar-refractivity contribution < 1.29 is 9.21 Å². The Kier molecular flexibility index (Phi) is 5.90. The van der Waals surface area contributed by atoms with E-state index in [2.05, 4.69) is 16.4 Å². The summed E-state index contributed by atoms with van der Waals surface area (Å²) in [6.07, 6.45) is 5.11. The fourth-order valence-corrected chi connectivity index (χ4v) is 3.84. The van der Waals surface area contributed by atoms with Gasteiger partial charge in [0.25, 0.3) is 0 Å². The number of oxazole rings is 1. The number of nitrogens with one attached hydrogen (secondary N) is 1. The van der Waals surface area contributed by atoms with E-state index in [4.69, 9.17) is 16.0 Å². The van der Waals surface area contributed by atoms with Gasteiger partial charge in [-0.2, -0.15) is 5.26 Å². The maximum Gasteiger partial charge on any atom is 0.234 e. The number of amides is 1. The normalized spacial score (nSPS) is 16.8. The van der Waals surface area contributed by atoms with E-state index in [0.717, 1.165) is 31.2 Å². The van der Waals surface area contributed by atoms with Gasteiger partial charge in [-0.1, -0.05) is 11.6 Å². The summed E-state index contributed by atoms with van der Waals surface area (Å²) in [4.78, 5) is 16.7. The number of hydrogen-bond donors (Lipinski definition) is 1. The average molecular weight is 390 g/mol. The number of thioether (sulfide) groups is 1. The van der Waals surface area contributed by atoms with Gasteiger partial charge in [-0.05, 0) is 56.9 Å². The highest BCUT2D eigenvalue weighted by Gasteiger charge is 2.36. The minimum atomic E-state index is -0.684. The number of halogens is 1. The minimum absolute atomic E-state index is 0.108. The molecule has 1 aliphatic rings. The second kappa shape index (κ2) is 8.15. The zero-order chi connectivity index (χ0) is 18.6. The molecule has 0 spiro atoms. The first-order chi connectivity index (χ1) is 12.5. The summed E-state index contributed by atoms with van der Waals surface area (Å²) in [5.74, 6) is 1.61. The van der Waals surface area contributed by atoms with Gasteiger partial charge < -0.3 is 9.73 Å². The first-order valence-electron chi connectivity index (χ1n) is 8.57. The molecule has 0 bridgehead atoms.